The first-order valence-corrected chi connectivity index (χ1v) is 4.95. The molecule has 0 N–H and O–H groups in total. The Hall–Kier alpha value is -1.11. The standard InChI is InChI=1S/C13H18O/c1-9-11(10(2)14)7-6-8-12(9)13(3,4)5/h6-8H,1-5H3. The molecule has 76 valence electrons. The van der Waals surface area contributed by atoms with Crippen molar-refractivity contribution >= 4 is 5.78 Å². The third kappa shape index (κ3) is 2.03. The van der Waals surface area contributed by atoms with Gasteiger partial charge in [0.05, 0.1) is 0 Å². The first-order chi connectivity index (χ1) is 6.34. The van der Waals surface area contributed by atoms with E-state index in [1.165, 1.54) is 5.56 Å². The van der Waals surface area contributed by atoms with Crippen LogP contribution in [0.2, 0.25) is 0 Å². The van der Waals surface area contributed by atoms with Crippen LogP contribution in [0.3, 0.4) is 0 Å². The number of benzene rings is 1. The van der Waals surface area contributed by atoms with Crippen molar-refractivity contribution in [3.63, 3.8) is 0 Å². The van der Waals surface area contributed by atoms with Gasteiger partial charge in [-0.3, -0.25) is 4.79 Å². The third-order valence-electron chi connectivity index (χ3n) is 2.52. The van der Waals surface area contributed by atoms with Gasteiger partial charge in [-0.1, -0.05) is 39.0 Å². The van der Waals surface area contributed by atoms with Gasteiger partial charge in [0, 0.05) is 5.56 Å². The molecule has 0 spiro atoms. The number of carbonyl (C=O) groups is 1. The maximum atomic E-state index is 11.3. The van der Waals surface area contributed by atoms with Crippen LogP contribution in [-0.4, -0.2) is 5.78 Å². The largest absolute Gasteiger partial charge is 0.295 e. The Morgan fingerprint density at radius 2 is 1.79 bits per heavy atom. The van der Waals surface area contributed by atoms with Gasteiger partial charge in [-0.25, -0.2) is 0 Å². The van der Waals surface area contributed by atoms with Gasteiger partial charge in [-0.15, -0.1) is 0 Å². The predicted octanol–water partition coefficient (Wildman–Crippen LogP) is 3.50. The lowest BCUT2D eigenvalue weighted by Crippen LogP contribution is -2.14. The second kappa shape index (κ2) is 3.56. The first-order valence-electron chi connectivity index (χ1n) is 4.95. The monoisotopic (exact) mass is 190 g/mol. The fourth-order valence-corrected chi connectivity index (χ4v) is 1.83. The number of ketones is 1. The summed E-state index contributed by atoms with van der Waals surface area (Å²) in [5, 5.41) is 0. The normalized spacial score (nSPS) is 11.5. The highest BCUT2D eigenvalue weighted by Gasteiger charge is 2.18. The molecule has 14 heavy (non-hydrogen) atoms. The van der Waals surface area contributed by atoms with Crippen molar-refractivity contribution in [2.24, 2.45) is 0 Å². The molecule has 0 aromatic heterocycles. The van der Waals surface area contributed by atoms with E-state index in [0.29, 0.717) is 0 Å². The van der Waals surface area contributed by atoms with E-state index >= 15 is 0 Å². The van der Waals surface area contributed by atoms with Gasteiger partial charge in [0.2, 0.25) is 0 Å². The van der Waals surface area contributed by atoms with Gasteiger partial charge in [0.15, 0.2) is 5.78 Å². The molecule has 0 aliphatic carbocycles. The Morgan fingerprint density at radius 3 is 2.21 bits per heavy atom. The predicted molar refractivity (Wildman–Crippen MR) is 59.9 cm³/mol. The van der Waals surface area contributed by atoms with Crippen LogP contribution >= 0.6 is 0 Å². The van der Waals surface area contributed by atoms with Gasteiger partial charge >= 0.3 is 0 Å². The van der Waals surface area contributed by atoms with Gasteiger partial charge in [0.1, 0.15) is 0 Å². The molecule has 0 aliphatic rings. The molecular formula is C13H18O. The van der Waals surface area contributed by atoms with E-state index in [4.69, 9.17) is 0 Å². The van der Waals surface area contributed by atoms with E-state index in [0.717, 1.165) is 11.1 Å². The van der Waals surface area contributed by atoms with E-state index in [2.05, 4.69) is 26.8 Å². The minimum Gasteiger partial charge on any atom is -0.295 e. The van der Waals surface area contributed by atoms with Crippen LogP contribution < -0.4 is 0 Å². The summed E-state index contributed by atoms with van der Waals surface area (Å²) in [6, 6.07) is 5.96. The Bertz CT molecular complexity index is 356. The highest BCUT2D eigenvalue weighted by Crippen LogP contribution is 2.27. The molecule has 0 radical (unpaired) electrons. The van der Waals surface area contributed by atoms with Crippen molar-refractivity contribution in [2.45, 2.75) is 40.0 Å². The van der Waals surface area contributed by atoms with Crippen LogP contribution in [0.4, 0.5) is 0 Å². The zero-order chi connectivity index (χ0) is 10.9. The van der Waals surface area contributed by atoms with Crippen LogP contribution in [0.15, 0.2) is 18.2 Å². The topological polar surface area (TPSA) is 17.1 Å². The number of hydrogen-bond donors (Lipinski definition) is 0. The maximum Gasteiger partial charge on any atom is 0.160 e. The molecule has 1 aromatic rings. The number of rotatable bonds is 1. The average Bonchev–Trinajstić information content (AvgIpc) is 2.01. The lowest BCUT2D eigenvalue weighted by molar-refractivity contribution is 0.101. The van der Waals surface area contributed by atoms with E-state index in [-0.39, 0.29) is 11.2 Å². The second-order valence-corrected chi connectivity index (χ2v) is 4.78. The van der Waals surface area contributed by atoms with E-state index < -0.39 is 0 Å². The summed E-state index contributed by atoms with van der Waals surface area (Å²) in [6.45, 7) is 10.1. The molecule has 1 rings (SSSR count). The van der Waals surface area contributed by atoms with E-state index in [1.54, 1.807) is 6.92 Å². The maximum absolute atomic E-state index is 11.3. The molecule has 0 bridgehead atoms. The second-order valence-electron chi connectivity index (χ2n) is 4.78. The van der Waals surface area contributed by atoms with Crippen molar-refractivity contribution in [3.8, 4) is 0 Å². The molecule has 1 nitrogen and oxygen atoms in total. The summed E-state index contributed by atoms with van der Waals surface area (Å²) < 4.78 is 0. The van der Waals surface area contributed by atoms with Gasteiger partial charge in [0.25, 0.3) is 0 Å². The Labute approximate surface area is 86.1 Å². The summed E-state index contributed by atoms with van der Waals surface area (Å²) in [4.78, 5) is 11.3. The van der Waals surface area contributed by atoms with Crippen LogP contribution in [0.25, 0.3) is 0 Å². The fraction of sp³-hybridized carbons (Fsp3) is 0.462. The van der Waals surface area contributed by atoms with Crippen molar-refractivity contribution in [1.82, 2.24) is 0 Å². The summed E-state index contributed by atoms with van der Waals surface area (Å²) >= 11 is 0. The first kappa shape index (κ1) is 11.0. The zero-order valence-electron chi connectivity index (χ0n) is 9.64. The molecule has 1 heteroatoms. The summed E-state index contributed by atoms with van der Waals surface area (Å²) in [7, 11) is 0. The number of hydrogen-bond acceptors (Lipinski definition) is 1. The number of carbonyl (C=O) groups excluding carboxylic acids is 1. The summed E-state index contributed by atoms with van der Waals surface area (Å²) in [5.74, 6) is 0.147. The lowest BCUT2D eigenvalue weighted by atomic mass is 9.82. The van der Waals surface area contributed by atoms with Crippen molar-refractivity contribution in [2.75, 3.05) is 0 Å². The van der Waals surface area contributed by atoms with Crippen LogP contribution in [0.5, 0.6) is 0 Å². The minimum atomic E-state index is 0.107. The van der Waals surface area contributed by atoms with E-state index in [9.17, 15) is 4.79 Å². The van der Waals surface area contributed by atoms with Crippen molar-refractivity contribution in [1.29, 1.82) is 0 Å². The highest BCUT2D eigenvalue weighted by atomic mass is 16.1. The molecule has 0 saturated heterocycles. The van der Waals surface area contributed by atoms with Gasteiger partial charge in [-0.2, -0.15) is 0 Å². The van der Waals surface area contributed by atoms with Crippen molar-refractivity contribution in [3.05, 3.63) is 34.9 Å². The molecule has 0 atom stereocenters. The third-order valence-corrected chi connectivity index (χ3v) is 2.52. The molecular weight excluding hydrogens is 172 g/mol. The summed E-state index contributed by atoms with van der Waals surface area (Å²) in [5.41, 5.74) is 3.32. The minimum absolute atomic E-state index is 0.107. The average molecular weight is 190 g/mol. The summed E-state index contributed by atoms with van der Waals surface area (Å²) in [6.07, 6.45) is 0. The molecule has 1 aromatic carbocycles. The Morgan fingerprint density at radius 1 is 1.21 bits per heavy atom. The van der Waals surface area contributed by atoms with Gasteiger partial charge < -0.3 is 0 Å². The smallest absolute Gasteiger partial charge is 0.160 e. The fourth-order valence-electron chi connectivity index (χ4n) is 1.83. The molecule has 0 heterocycles. The number of Topliss-reactive ketones (excluding diaryl/α,β-unsaturated/α-hetero) is 1. The Kier molecular flexibility index (Phi) is 2.79. The Balaban J connectivity index is 3.35. The zero-order valence-corrected chi connectivity index (χ0v) is 9.64. The van der Waals surface area contributed by atoms with Gasteiger partial charge in [-0.05, 0) is 30.4 Å². The molecule has 0 fully saturated rings. The lowest BCUT2D eigenvalue weighted by Gasteiger charge is -2.22. The molecule has 0 saturated carbocycles. The van der Waals surface area contributed by atoms with Crippen LogP contribution in [-0.2, 0) is 5.41 Å². The quantitative estimate of drug-likeness (QED) is 0.619. The molecule has 0 amide bonds. The SMILES string of the molecule is CC(=O)c1cccc(C(C)(C)C)c1C. The van der Waals surface area contributed by atoms with Crippen LogP contribution in [0, 0.1) is 6.92 Å². The van der Waals surface area contributed by atoms with Crippen molar-refractivity contribution < 1.29 is 4.79 Å². The molecule has 0 unspecified atom stereocenters. The van der Waals surface area contributed by atoms with E-state index in [1.807, 2.05) is 19.1 Å². The van der Waals surface area contributed by atoms with Crippen LogP contribution in [0.1, 0.15) is 49.2 Å². The highest BCUT2D eigenvalue weighted by molar-refractivity contribution is 5.95. The molecule has 0 aliphatic heterocycles.